The summed E-state index contributed by atoms with van der Waals surface area (Å²) in [5.41, 5.74) is 3.48. The quantitative estimate of drug-likeness (QED) is 0.585. The maximum absolute atomic E-state index is 12.6. The van der Waals surface area contributed by atoms with E-state index >= 15 is 0 Å². The lowest BCUT2D eigenvalue weighted by Crippen LogP contribution is -2.14. The Bertz CT molecular complexity index is 881. The topological polar surface area (TPSA) is 69.0 Å². The first-order valence-corrected chi connectivity index (χ1v) is 11.4. The van der Waals surface area contributed by atoms with E-state index in [4.69, 9.17) is 0 Å². The van der Waals surface area contributed by atoms with Crippen LogP contribution >= 0.6 is 23.1 Å². The van der Waals surface area contributed by atoms with Gasteiger partial charge in [0, 0.05) is 34.1 Å². The van der Waals surface area contributed by atoms with Gasteiger partial charge >= 0.3 is 0 Å². The summed E-state index contributed by atoms with van der Waals surface area (Å²) < 4.78 is 26.4. The van der Waals surface area contributed by atoms with E-state index in [0.717, 1.165) is 21.4 Å². The minimum Gasteiger partial charge on any atom is -0.344 e. The molecular formula is C16H20N2O3S3. The van der Waals surface area contributed by atoms with Crippen LogP contribution in [0, 0.1) is 20.8 Å². The van der Waals surface area contributed by atoms with Crippen molar-refractivity contribution in [3.63, 3.8) is 0 Å². The molecule has 1 atom stereocenters. The van der Waals surface area contributed by atoms with Crippen LogP contribution in [-0.2, 0) is 9.84 Å². The van der Waals surface area contributed by atoms with Gasteiger partial charge in [0.1, 0.15) is 0 Å². The van der Waals surface area contributed by atoms with Gasteiger partial charge in [-0.3, -0.25) is 4.79 Å². The molecule has 0 aliphatic carbocycles. The minimum atomic E-state index is -2.95. The third-order valence-corrected chi connectivity index (χ3v) is 8.17. The van der Waals surface area contributed by atoms with Crippen molar-refractivity contribution in [1.29, 1.82) is 0 Å². The maximum atomic E-state index is 12.6. The second kappa shape index (κ2) is 6.65. The normalized spacial score (nSPS) is 19.7. The number of ketones is 1. The summed E-state index contributed by atoms with van der Waals surface area (Å²) in [6.45, 7) is 5.78. The molecule has 0 radical (unpaired) electrons. The molecule has 0 amide bonds. The molecule has 0 bridgehead atoms. The molecule has 1 saturated heterocycles. The Morgan fingerprint density at radius 1 is 1.42 bits per heavy atom. The van der Waals surface area contributed by atoms with Gasteiger partial charge in [-0.1, -0.05) is 11.8 Å². The predicted molar refractivity (Wildman–Crippen MR) is 98.1 cm³/mol. The molecule has 1 fully saturated rings. The summed E-state index contributed by atoms with van der Waals surface area (Å²) in [7, 11) is -2.95. The molecule has 8 heteroatoms. The van der Waals surface area contributed by atoms with Gasteiger partial charge in [0.15, 0.2) is 20.0 Å². The predicted octanol–water partition coefficient (Wildman–Crippen LogP) is 3.20. The van der Waals surface area contributed by atoms with E-state index < -0.39 is 9.84 Å². The molecule has 1 aliphatic heterocycles. The lowest BCUT2D eigenvalue weighted by Gasteiger charge is -2.16. The van der Waals surface area contributed by atoms with E-state index in [9.17, 15) is 13.2 Å². The minimum absolute atomic E-state index is 0.0502. The second-order valence-corrected chi connectivity index (χ2v) is 10.5. The Labute approximate surface area is 150 Å². The van der Waals surface area contributed by atoms with Crippen LogP contribution in [0.4, 0.5) is 0 Å². The number of thiazole rings is 1. The fraction of sp³-hybridized carbons (Fsp3) is 0.500. The zero-order valence-corrected chi connectivity index (χ0v) is 16.4. The Balaban J connectivity index is 1.77. The molecule has 3 heterocycles. The third kappa shape index (κ3) is 3.60. The molecule has 1 aliphatic rings. The average Bonchev–Trinajstić information content (AvgIpc) is 3.15. The summed E-state index contributed by atoms with van der Waals surface area (Å²) in [5, 5.41) is 1.97. The molecular weight excluding hydrogens is 364 g/mol. The lowest BCUT2D eigenvalue weighted by molar-refractivity contribution is 0.102. The maximum Gasteiger partial charge on any atom is 0.174 e. The van der Waals surface area contributed by atoms with Crippen LogP contribution in [0.1, 0.15) is 39.9 Å². The first kappa shape index (κ1) is 17.7. The number of hydrogen-bond acceptors (Lipinski definition) is 6. The Morgan fingerprint density at radius 3 is 2.75 bits per heavy atom. The SMILES string of the molecule is Cc1csc(SCC(=O)c2cc(C)n([C@@H]3CCS(=O)(=O)C3)c2C)n1. The second-order valence-electron chi connectivity index (χ2n) is 6.18. The highest BCUT2D eigenvalue weighted by Crippen LogP contribution is 2.30. The summed E-state index contributed by atoms with van der Waals surface area (Å²) in [6.07, 6.45) is 0.624. The summed E-state index contributed by atoms with van der Waals surface area (Å²) in [4.78, 5) is 16.9. The van der Waals surface area contributed by atoms with Gasteiger partial charge in [0.25, 0.3) is 0 Å². The molecule has 0 aromatic carbocycles. The van der Waals surface area contributed by atoms with Gasteiger partial charge in [-0.15, -0.1) is 11.3 Å². The number of carbonyl (C=O) groups is 1. The van der Waals surface area contributed by atoms with Crippen LogP contribution in [0.25, 0.3) is 0 Å². The van der Waals surface area contributed by atoms with Crippen molar-refractivity contribution in [3.8, 4) is 0 Å². The summed E-state index contributed by atoms with van der Waals surface area (Å²) >= 11 is 3.00. The highest BCUT2D eigenvalue weighted by molar-refractivity contribution is 8.01. The van der Waals surface area contributed by atoms with Crippen LogP contribution in [0.2, 0.25) is 0 Å². The average molecular weight is 385 g/mol. The fourth-order valence-electron chi connectivity index (χ4n) is 3.20. The van der Waals surface area contributed by atoms with Crippen LogP contribution in [0.3, 0.4) is 0 Å². The largest absolute Gasteiger partial charge is 0.344 e. The van der Waals surface area contributed by atoms with E-state index in [-0.39, 0.29) is 23.3 Å². The van der Waals surface area contributed by atoms with Gasteiger partial charge in [-0.2, -0.15) is 0 Å². The Kier molecular flexibility index (Phi) is 4.90. The smallest absolute Gasteiger partial charge is 0.174 e. The van der Waals surface area contributed by atoms with Gasteiger partial charge in [-0.25, -0.2) is 13.4 Å². The highest BCUT2D eigenvalue weighted by Gasteiger charge is 2.31. The first-order chi connectivity index (χ1) is 11.3. The Hall–Kier alpha value is -1.12. The Morgan fingerprint density at radius 2 is 2.17 bits per heavy atom. The number of aryl methyl sites for hydroxylation is 2. The number of carbonyl (C=O) groups excluding carboxylic acids is 1. The number of sulfone groups is 1. The van der Waals surface area contributed by atoms with E-state index in [1.54, 1.807) is 11.3 Å². The molecule has 0 unspecified atom stereocenters. The van der Waals surface area contributed by atoms with Gasteiger partial charge in [-0.05, 0) is 33.3 Å². The van der Waals surface area contributed by atoms with Crippen molar-refractivity contribution in [3.05, 3.63) is 34.1 Å². The number of nitrogens with zero attached hydrogens (tertiary/aromatic N) is 2. The lowest BCUT2D eigenvalue weighted by atomic mass is 10.2. The van der Waals surface area contributed by atoms with Crippen molar-refractivity contribution in [2.75, 3.05) is 17.3 Å². The van der Waals surface area contributed by atoms with Crippen molar-refractivity contribution in [2.45, 2.75) is 37.6 Å². The van der Waals surface area contributed by atoms with Crippen molar-refractivity contribution >= 4 is 38.7 Å². The van der Waals surface area contributed by atoms with Crippen LogP contribution < -0.4 is 0 Å². The fourth-order valence-corrected chi connectivity index (χ4v) is 6.64. The van der Waals surface area contributed by atoms with Crippen LogP contribution in [-0.4, -0.2) is 41.0 Å². The number of Topliss-reactive ketones (excluding diaryl/α,β-unsaturated/α-hetero) is 1. The standard InChI is InChI=1S/C16H20N2O3S3/c1-10-7-22-16(17-10)23-8-15(19)14-6-11(2)18(12(14)3)13-4-5-24(20,21)9-13/h6-7,13H,4-5,8-9H2,1-3H3/t13-/m1/s1. The zero-order chi connectivity index (χ0) is 17.5. The van der Waals surface area contributed by atoms with Gasteiger partial charge in [0.2, 0.25) is 0 Å². The van der Waals surface area contributed by atoms with Crippen LogP contribution in [0.15, 0.2) is 15.8 Å². The molecule has 24 heavy (non-hydrogen) atoms. The van der Waals surface area contributed by atoms with E-state index in [1.165, 1.54) is 11.8 Å². The molecule has 2 aromatic rings. The van der Waals surface area contributed by atoms with Crippen molar-refractivity contribution < 1.29 is 13.2 Å². The molecule has 130 valence electrons. The summed E-state index contributed by atoms with van der Waals surface area (Å²) in [5.74, 6) is 0.815. The molecule has 0 N–H and O–H groups in total. The summed E-state index contributed by atoms with van der Waals surface area (Å²) in [6, 6.07) is 1.84. The van der Waals surface area contributed by atoms with E-state index in [2.05, 4.69) is 4.98 Å². The molecule has 5 nitrogen and oxygen atoms in total. The number of thioether (sulfide) groups is 1. The number of rotatable bonds is 5. The number of aromatic nitrogens is 2. The molecule has 3 rings (SSSR count). The molecule has 2 aromatic heterocycles. The van der Waals surface area contributed by atoms with Crippen LogP contribution in [0.5, 0.6) is 0 Å². The molecule has 0 spiro atoms. The van der Waals surface area contributed by atoms with E-state index in [1.807, 2.05) is 36.8 Å². The first-order valence-electron chi connectivity index (χ1n) is 7.74. The van der Waals surface area contributed by atoms with Gasteiger partial charge in [0.05, 0.1) is 17.3 Å². The van der Waals surface area contributed by atoms with Gasteiger partial charge < -0.3 is 4.57 Å². The number of hydrogen-bond donors (Lipinski definition) is 0. The van der Waals surface area contributed by atoms with Crippen molar-refractivity contribution in [1.82, 2.24) is 9.55 Å². The monoisotopic (exact) mass is 384 g/mol. The zero-order valence-electron chi connectivity index (χ0n) is 13.9. The highest BCUT2D eigenvalue weighted by atomic mass is 32.2. The molecule has 0 saturated carbocycles. The van der Waals surface area contributed by atoms with E-state index in [0.29, 0.717) is 17.7 Å². The third-order valence-electron chi connectivity index (χ3n) is 4.28. The van der Waals surface area contributed by atoms with Crippen molar-refractivity contribution in [2.24, 2.45) is 0 Å².